The average Bonchev–Trinajstić information content (AvgIpc) is 2.91. The van der Waals surface area contributed by atoms with Crippen molar-refractivity contribution in [2.24, 2.45) is 5.92 Å². The van der Waals surface area contributed by atoms with Crippen LogP contribution in [-0.4, -0.2) is 30.2 Å². The topological polar surface area (TPSA) is 67.2 Å². The van der Waals surface area contributed by atoms with Gasteiger partial charge in [-0.25, -0.2) is 0 Å². The van der Waals surface area contributed by atoms with Gasteiger partial charge in [-0.15, -0.1) is 12.4 Å². The van der Waals surface area contributed by atoms with Gasteiger partial charge in [0.25, 0.3) is 0 Å². The summed E-state index contributed by atoms with van der Waals surface area (Å²) in [5.41, 5.74) is 1.43. The molecule has 0 bridgehead atoms. The van der Waals surface area contributed by atoms with E-state index in [-0.39, 0.29) is 30.8 Å². The van der Waals surface area contributed by atoms with E-state index >= 15 is 0 Å². The van der Waals surface area contributed by atoms with Crippen molar-refractivity contribution in [1.82, 2.24) is 15.8 Å². The number of hydrogen-bond donors (Lipinski definition) is 2. The van der Waals surface area contributed by atoms with Crippen LogP contribution in [0.15, 0.2) is 28.8 Å². The minimum Gasteiger partial charge on any atom is -0.356 e. The van der Waals surface area contributed by atoms with Crippen molar-refractivity contribution in [3.8, 4) is 0 Å². The van der Waals surface area contributed by atoms with E-state index in [1.807, 2.05) is 24.3 Å². The highest BCUT2D eigenvalue weighted by atomic mass is 35.5. The predicted octanol–water partition coefficient (Wildman–Crippen LogP) is 2.30. The van der Waals surface area contributed by atoms with Gasteiger partial charge in [0.15, 0.2) is 5.58 Å². The minimum atomic E-state index is 0. The summed E-state index contributed by atoms with van der Waals surface area (Å²) in [6.45, 7) is 4.15. The summed E-state index contributed by atoms with van der Waals surface area (Å²) >= 11 is 0. The summed E-state index contributed by atoms with van der Waals surface area (Å²) in [4.78, 5) is 12.2. The zero-order chi connectivity index (χ0) is 14.7. The maximum absolute atomic E-state index is 12.2. The second kappa shape index (κ2) is 7.61. The second-order valence-electron chi connectivity index (χ2n) is 5.76. The molecule has 1 saturated heterocycles. The van der Waals surface area contributed by atoms with Gasteiger partial charge in [-0.05, 0) is 50.9 Å². The first-order valence-corrected chi connectivity index (χ1v) is 7.57. The molecule has 0 radical (unpaired) electrons. The van der Waals surface area contributed by atoms with Crippen LogP contribution in [0.25, 0.3) is 11.0 Å². The Hall–Kier alpha value is -1.59. The van der Waals surface area contributed by atoms with Crippen LogP contribution >= 0.6 is 12.4 Å². The number of fused-ring (bicyclic) bond motifs is 1. The van der Waals surface area contributed by atoms with Crippen molar-refractivity contribution in [3.05, 3.63) is 30.0 Å². The molecule has 0 aliphatic carbocycles. The van der Waals surface area contributed by atoms with Gasteiger partial charge in [0.1, 0.15) is 5.69 Å². The van der Waals surface area contributed by atoms with E-state index < -0.39 is 0 Å². The third-order valence-electron chi connectivity index (χ3n) is 4.21. The summed E-state index contributed by atoms with van der Waals surface area (Å²) < 4.78 is 5.23. The third-order valence-corrected chi connectivity index (χ3v) is 4.21. The number of carbonyl (C=O) groups excluding carboxylic acids is 1. The van der Waals surface area contributed by atoms with E-state index in [0.29, 0.717) is 11.6 Å². The number of nitrogens with zero attached hydrogens (tertiary/aromatic N) is 1. The molecule has 22 heavy (non-hydrogen) atoms. The molecular weight excluding hydrogens is 302 g/mol. The molecule has 2 N–H and O–H groups in total. The zero-order valence-electron chi connectivity index (χ0n) is 12.7. The number of benzene rings is 1. The Labute approximate surface area is 136 Å². The van der Waals surface area contributed by atoms with Crippen molar-refractivity contribution in [2.45, 2.75) is 32.2 Å². The summed E-state index contributed by atoms with van der Waals surface area (Å²) in [6, 6.07) is 7.80. The molecule has 5 nitrogen and oxygen atoms in total. The van der Waals surface area contributed by atoms with Crippen LogP contribution in [-0.2, 0) is 11.2 Å². The van der Waals surface area contributed by atoms with E-state index in [4.69, 9.17) is 4.52 Å². The molecule has 2 atom stereocenters. The summed E-state index contributed by atoms with van der Waals surface area (Å²) in [5.74, 6) is 0.517. The van der Waals surface area contributed by atoms with Crippen LogP contribution < -0.4 is 10.6 Å². The van der Waals surface area contributed by atoms with E-state index in [1.165, 1.54) is 12.8 Å². The lowest BCUT2D eigenvalue weighted by Gasteiger charge is -2.28. The number of rotatable bonds is 4. The van der Waals surface area contributed by atoms with Gasteiger partial charge < -0.3 is 15.2 Å². The molecule has 1 fully saturated rings. The Morgan fingerprint density at radius 3 is 3.09 bits per heavy atom. The molecule has 6 heteroatoms. The molecule has 1 aromatic heterocycles. The minimum absolute atomic E-state index is 0. The number of piperidine rings is 1. The first-order valence-electron chi connectivity index (χ1n) is 7.57. The van der Waals surface area contributed by atoms with Gasteiger partial charge in [-0.3, -0.25) is 4.79 Å². The maximum atomic E-state index is 12.2. The fourth-order valence-electron chi connectivity index (χ4n) is 2.95. The largest absolute Gasteiger partial charge is 0.356 e. The number of amides is 1. The highest BCUT2D eigenvalue weighted by molar-refractivity contribution is 5.86. The van der Waals surface area contributed by atoms with Crippen molar-refractivity contribution < 1.29 is 9.32 Å². The van der Waals surface area contributed by atoms with Gasteiger partial charge in [-0.1, -0.05) is 17.3 Å². The smallest absolute Gasteiger partial charge is 0.226 e. The zero-order valence-corrected chi connectivity index (χ0v) is 13.5. The molecule has 3 rings (SSSR count). The molecule has 1 amide bonds. The Kier molecular flexibility index (Phi) is 5.80. The molecular formula is C16H22ClN3O2. The van der Waals surface area contributed by atoms with Crippen LogP contribution in [0.3, 0.4) is 0 Å². The van der Waals surface area contributed by atoms with Gasteiger partial charge >= 0.3 is 0 Å². The Balaban J connectivity index is 0.00000176. The number of nitrogens with one attached hydrogen (secondary N) is 2. The van der Waals surface area contributed by atoms with Gasteiger partial charge in [0.2, 0.25) is 5.91 Å². The monoisotopic (exact) mass is 323 g/mol. The van der Waals surface area contributed by atoms with Crippen LogP contribution in [0.2, 0.25) is 0 Å². The van der Waals surface area contributed by atoms with Crippen molar-refractivity contribution in [3.63, 3.8) is 0 Å². The Bertz CT molecular complexity index is 623. The second-order valence-corrected chi connectivity index (χ2v) is 5.76. The number of carbonyl (C=O) groups is 1. The summed E-state index contributed by atoms with van der Waals surface area (Å²) in [7, 11) is 0. The average molecular weight is 324 g/mol. The summed E-state index contributed by atoms with van der Waals surface area (Å²) in [5, 5.41) is 11.4. The maximum Gasteiger partial charge on any atom is 0.226 e. The number of para-hydroxylation sites is 1. The van der Waals surface area contributed by atoms with Crippen LogP contribution in [0.5, 0.6) is 0 Å². The normalized spacial score (nSPS) is 19.4. The van der Waals surface area contributed by atoms with E-state index in [0.717, 1.165) is 24.1 Å². The van der Waals surface area contributed by atoms with Gasteiger partial charge in [0, 0.05) is 11.4 Å². The fourth-order valence-corrected chi connectivity index (χ4v) is 2.95. The van der Waals surface area contributed by atoms with Crippen molar-refractivity contribution in [2.75, 3.05) is 13.1 Å². The van der Waals surface area contributed by atoms with E-state index in [2.05, 4.69) is 22.7 Å². The number of hydrogen-bond acceptors (Lipinski definition) is 4. The van der Waals surface area contributed by atoms with Crippen molar-refractivity contribution >= 4 is 29.3 Å². The van der Waals surface area contributed by atoms with Crippen LogP contribution in [0.1, 0.15) is 25.5 Å². The molecule has 2 aromatic rings. The van der Waals surface area contributed by atoms with Gasteiger partial charge in [-0.2, -0.15) is 0 Å². The van der Waals surface area contributed by atoms with Crippen LogP contribution in [0, 0.1) is 5.92 Å². The van der Waals surface area contributed by atoms with Gasteiger partial charge in [0.05, 0.1) is 6.42 Å². The number of aromatic nitrogens is 1. The SMILES string of the molecule is CC(NC(=O)Cc1noc2ccccc12)C1CCCNC1.Cl. The number of halogens is 1. The molecule has 2 unspecified atom stereocenters. The summed E-state index contributed by atoms with van der Waals surface area (Å²) in [6.07, 6.45) is 2.61. The standard InChI is InChI=1S/C16H21N3O2.ClH/c1-11(12-5-4-8-17-10-12)18-16(20)9-14-13-6-2-3-7-15(13)21-19-14;/h2-3,6-7,11-12,17H,4-5,8-10H2,1H3,(H,18,20);1H. The molecule has 120 valence electrons. The van der Waals surface area contributed by atoms with E-state index in [9.17, 15) is 4.79 Å². The van der Waals surface area contributed by atoms with Crippen molar-refractivity contribution in [1.29, 1.82) is 0 Å². The quantitative estimate of drug-likeness (QED) is 0.906. The Morgan fingerprint density at radius 1 is 1.50 bits per heavy atom. The molecule has 2 heterocycles. The fraction of sp³-hybridized carbons (Fsp3) is 0.500. The van der Waals surface area contributed by atoms with E-state index in [1.54, 1.807) is 0 Å². The molecule has 0 saturated carbocycles. The molecule has 1 aliphatic heterocycles. The van der Waals surface area contributed by atoms with Crippen LogP contribution in [0.4, 0.5) is 0 Å². The third kappa shape index (κ3) is 3.78. The molecule has 1 aliphatic rings. The lowest BCUT2D eigenvalue weighted by atomic mass is 9.92. The lowest BCUT2D eigenvalue weighted by molar-refractivity contribution is -0.121. The highest BCUT2D eigenvalue weighted by Gasteiger charge is 2.22. The first-order chi connectivity index (χ1) is 10.2. The predicted molar refractivity (Wildman–Crippen MR) is 88.2 cm³/mol. The molecule has 0 spiro atoms. The first kappa shape index (κ1) is 16.8. The molecule has 1 aromatic carbocycles. The Morgan fingerprint density at radius 2 is 2.32 bits per heavy atom. The highest BCUT2D eigenvalue weighted by Crippen LogP contribution is 2.18. The lowest BCUT2D eigenvalue weighted by Crippen LogP contribution is -2.45.